The summed E-state index contributed by atoms with van der Waals surface area (Å²) >= 11 is 0. The van der Waals surface area contributed by atoms with Gasteiger partial charge in [-0.3, -0.25) is 0 Å². The standard InChI is InChI=1S/C10H12FN/c1-4-9(5-2)10(11)6-8(3)7-12/h4,6H,1,5H2,2-3H3. The molecular weight excluding hydrogens is 153 g/mol. The van der Waals surface area contributed by atoms with Gasteiger partial charge in [0.15, 0.2) is 0 Å². The van der Waals surface area contributed by atoms with Gasteiger partial charge in [-0.05, 0) is 25.0 Å². The van der Waals surface area contributed by atoms with Gasteiger partial charge in [0, 0.05) is 5.57 Å². The molecule has 0 aliphatic carbocycles. The van der Waals surface area contributed by atoms with Crippen LogP contribution in [0.2, 0.25) is 0 Å². The first kappa shape index (κ1) is 10.6. The molecule has 0 rings (SSSR count). The monoisotopic (exact) mass is 165 g/mol. The first-order chi connectivity index (χ1) is 5.65. The summed E-state index contributed by atoms with van der Waals surface area (Å²) in [5.41, 5.74) is 0.893. The molecule has 0 aromatic heterocycles. The third-order valence-corrected chi connectivity index (χ3v) is 1.45. The number of halogens is 1. The molecule has 0 aliphatic heterocycles. The predicted molar refractivity (Wildman–Crippen MR) is 48.0 cm³/mol. The smallest absolute Gasteiger partial charge is 0.127 e. The molecule has 1 nitrogen and oxygen atoms in total. The highest BCUT2D eigenvalue weighted by Gasteiger charge is 1.97. The summed E-state index contributed by atoms with van der Waals surface area (Å²) in [5.74, 6) is -0.369. The Balaban J connectivity index is 4.79. The van der Waals surface area contributed by atoms with Gasteiger partial charge in [0.2, 0.25) is 0 Å². The zero-order chi connectivity index (χ0) is 9.56. The summed E-state index contributed by atoms with van der Waals surface area (Å²) in [4.78, 5) is 0. The molecule has 12 heavy (non-hydrogen) atoms. The average molecular weight is 165 g/mol. The van der Waals surface area contributed by atoms with Crippen molar-refractivity contribution < 1.29 is 4.39 Å². The zero-order valence-electron chi connectivity index (χ0n) is 7.39. The highest BCUT2D eigenvalue weighted by molar-refractivity contribution is 5.33. The first-order valence-electron chi connectivity index (χ1n) is 3.75. The first-order valence-corrected chi connectivity index (χ1v) is 3.75. The summed E-state index contributed by atoms with van der Waals surface area (Å²) in [7, 11) is 0. The third-order valence-electron chi connectivity index (χ3n) is 1.45. The Morgan fingerprint density at radius 3 is 2.58 bits per heavy atom. The Morgan fingerprint density at radius 1 is 1.67 bits per heavy atom. The molecule has 0 aromatic carbocycles. The largest absolute Gasteiger partial charge is 0.207 e. The van der Waals surface area contributed by atoms with E-state index in [9.17, 15) is 4.39 Å². The van der Waals surface area contributed by atoms with E-state index < -0.39 is 0 Å². The van der Waals surface area contributed by atoms with Crippen LogP contribution in [-0.4, -0.2) is 0 Å². The number of nitriles is 1. The Labute approximate surface area is 72.5 Å². The van der Waals surface area contributed by atoms with Crippen LogP contribution in [0.4, 0.5) is 4.39 Å². The van der Waals surface area contributed by atoms with E-state index in [1.165, 1.54) is 12.2 Å². The molecule has 64 valence electrons. The molecule has 0 saturated carbocycles. The quantitative estimate of drug-likeness (QED) is 0.465. The number of hydrogen-bond acceptors (Lipinski definition) is 1. The number of allylic oxidation sites excluding steroid dienone is 5. The van der Waals surface area contributed by atoms with Crippen LogP contribution < -0.4 is 0 Å². The minimum atomic E-state index is -0.369. The fraction of sp³-hybridized carbons (Fsp3) is 0.300. The van der Waals surface area contributed by atoms with Crippen molar-refractivity contribution in [3.63, 3.8) is 0 Å². The van der Waals surface area contributed by atoms with Gasteiger partial charge in [0.05, 0.1) is 6.07 Å². The van der Waals surface area contributed by atoms with Gasteiger partial charge >= 0.3 is 0 Å². The number of rotatable bonds is 3. The molecule has 0 amide bonds. The molecule has 0 aromatic rings. The van der Waals surface area contributed by atoms with Gasteiger partial charge in [0.1, 0.15) is 5.83 Å². The van der Waals surface area contributed by atoms with Crippen LogP contribution in [-0.2, 0) is 0 Å². The van der Waals surface area contributed by atoms with Crippen molar-refractivity contribution in [2.24, 2.45) is 0 Å². The predicted octanol–water partition coefficient (Wildman–Crippen LogP) is 3.28. The van der Waals surface area contributed by atoms with E-state index in [0.717, 1.165) is 0 Å². The topological polar surface area (TPSA) is 23.8 Å². The molecule has 2 heteroatoms. The van der Waals surface area contributed by atoms with E-state index in [1.807, 2.05) is 13.0 Å². The van der Waals surface area contributed by atoms with Crippen LogP contribution in [0.15, 0.2) is 35.7 Å². The lowest BCUT2D eigenvalue weighted by atomic mass is 10.1. The minimum Gasteiger partial charge on any atom is -0.207 e. The fourth-order valence-corrected chi connectivity index (χ4v) is 0.726. The Kier molecular flexibility index (Phi) is 4.71. The van der Waals surface area contributed by atoms with Crippen LogP contribution in [0, 0.1) is 11.3 Å². The van der Waals surface area contributed by atoms with Crippen molar-refractivity contribution in [2.45, 2.75) is 20.3 Å². The molecule has 0 N–H and O–H groups in total. The van der Waals surface area contributed by atoms with Gasteiger partial charge < -0.3 is 0 Å². The van der Waals surface area contributed by atoms with Gasteiger partial charge in [0.25, 0.3) is 0 Å². The molecule has 0 bridgehead atoms. The van der Waals surface area contributed by atoms with E-state index in [-0.39, 0.29) is 5.83 Å². The Morgan fingerprint density at radius 2 is 2.25 bits per heavy atom. The maximum atomic E-state index is 13.1. The Hall–Kier alpha value is -1.36. The highest BCUT2D eigenvalue weighted by atomic mass is 19.1. The fourth-order valence-electron chi connectivity index (χ4n) is 0.726. The van der Waals surface area contributed by atoms with Crippen LogP contribution in [0.25, 0.3) is 0 Å². The van der Waals surface area contributed by atoms with Crippen molar-refractivity contribution in [1.29, 1.82) is 5.26 Å². The summed E-state index contributed by atoms with van der Waals surface area (Å²) in [6.07, 6.45) is 3.28. The Bertz CT molecular complexity index is 266. The second kappa shape index (κ2) is 5.31. The van der Waals surface area contributed by atoms with Crippen LogP contribution in [0.5, 0.6) is 0 Å². The van der Waals surface area contributed by atoms with Crippen molar-refractivity contribution in [3.8, 4) is 6.07 Å². The van der Waals surface area contributed by atoms with Gasteiger partial charge in [-0.15, -0.1) is 0 Å². The second-order valence-electron chi connectivity index (χ2n) is 2.37. The molecule has 0 radical (unpaired) electrons. The lowest BCUT2D eigenvalue weighted by molar-refractivity contribution is 0.652. The van der Waals surface area contributed by atoms with Crippen LogP contribution in [0.3, 0.4) is 0 Å². The van der Waals surface area contributed by atoms with E-state index in [4.69, 9.17) is 5.26 Å². The van der Waals surface area contributed by atoms with Crippen LogP contribution >= 0.6 is 0 Å². The third kappa shape index (κ3) is 3.16. The van der Waals surface area contributed by atoms with E-state index >= 15 is 0 Å². The van der Waals surface area contributed by atoms with Crippen molar-refractivity contribution in [1.82, 2.24) is 0 Å². The molecular formula is C10H12FN. The molecule has 0 spiro atoms. The van der Waals surface area contributed by atoms with E-state index in [1.54, 1.807) is 6.92 Å². The SMILES string of the molecule is C=CC(CC)=C(F)C=C(C)C#N. The normalized spacial score (nSPS) is 13.3. The maximum Gasteiger partial charge on any atom is 0.127 e. The highest BCUT2D eigenvalue weighted by Crippen LogP contribution is 2.13. The summed E-state index contributed by atoms with van der Waals surface area (Å²) < 4.78 is 13.1. The second-order valence-corrected chi connectivity index (χ2v) is 2.37. The van der Waals surface area contributed by atoms with Gasteiger partial charge in [-0.25, -0.2) is 4.39 Å². The lowest BCUT2D eigenvalue weighted by Gasteiger charge is -1.96. The van der Waals surface area contributed by atoms with Crippen molar-refractivity contribution in [3.05, 3.63) is 35.7 Å². The molecule has 0 atom stereocenters. The van der Waals surface area contributed by atoms with Gasteiger partial charge in [-0.2, -0.15) is 5.26 Å². The van der Waals surface area contributed by atoms with Crippen molar-refractivity contribution in [2.75, 3.05) is 0 Å². The van der Waals surface area contributed by atoms with E-state index in [0.29, 0.717) is 17.6 Å². The molecule has 0 fully saturated rings. The zero-order valence-corrected chi connectivity index (χ0v) is 7.39. The molecule has 0 aliphatic rings. The molecule has 0 heterocycles. The molecule has 0 saturated heterocycles. The van der Waals surface area contributed by atoms with E-state index in [2.05, 4.69) is 6.58 Å². The van der Waals surface area contributed by atoms with Crippen LogP contribution in [0.1, 0.15) is 20.3 Å². The lowest BCUT2D eigenvalue weighted by Crippen LogP contribution is -1.80. The van der Waals surface area contributed by atoms with Crippen molar-refractivity contribution >= 4 is 0 Å². The van der Waals surface area contributed by atoms with Gasteiger partial charge in [-0.1, -0.05) is 19.6 Å². The minimum absolute atomic E-state index is 0.361. The molecule has 0 unspecified atom stereocenters. The summed E-state index contributed by atoms with van der Waals surface area (Å²) in [5, 5.41) is 8.38. The summed E-state index contributed by atoms with van der Waals surface area (Å²) in [6.45, 7) is 6.88. The maximum absolute atomic E-state index is 13.1. The number of hydrogen-bond donors (Lipinski definition) is 0. The average Bonchev–Trinajstić information content (AvgIpc) is 2.06. The number of nitrogens with zero attached hydrogens (tertiary/aromatic N) is 1. The summed E-state index contributed by atoms with van der Waals surface area (Å²) in [6, 6.07) is 1.85.